The minimum Gasteiger partial charge on any atom is -0.481 e. The Labute approximate surface area is 84.0 Å². The molecule has 0 radical (unpaired) electrons. The van der Waals surface area contributed by atoms with E-state index in [-0.39, 0.29) is 12.3 Å². The smallest absolute Gasteiger partial charge is 0.305 e. The van der Waals surface area contributed by atoms with E-state index < -0.39 is 11.5 Å². The fourth-order valence-corrected chi connectivity index (χ4v) is 1.05. The lowest BCUT2D eigenvalue weighted by Gasteiger charge is -2.23. The van der Waals surface area contributed by atoms with Gasteiger partial charge in [-0.1, -0.05) is 5.57 Å². The molecule has 1 amide bonds. The van der Waals surface area contributed by atoms with Gasteiger partial charge in [0.15, 0.2) is 0 Å². The van der Waals surface area contributed by atoms with Crippen LogP contribution in [0.15, 0.2) is 11.6 Å². The van der Waals surface area contributed by atoms with Crippen molar-refractivity contribution >= 4 is 11.9 Å². The van der Waals surface area contributed by atoms with Crippen LogP contribution < -0.4 is 5.32 Å². The van der Waals surface area contributed by atoms with Crippen molar-refractivity contribution in [1.29, 1.82) is 0 Å². The van der Waals surface area contributed by atoms with Crippen LogP contribution in [0, 0.1) is 0 Å². The molecule has 0 aliphatic rings. The number of aliphatic carboxylic acids is 1. The molecule has 0 aliphatic heterocycles. The average molecular weight is 199 g/mol. The zero-order valence-corrected chi connectivity index (χ0v) is 9.05. The lowest BCUT2D eigenvalue weighted by Crippen LogP contribution is -2.44. The van der Waals surface area contributed by atoms with Crippen LogP contribution in [0.5, 0.6) is 0 Å². The van der Waals surface area contributed by atoms with Gasteiger partial charge < -0.3 is 10.4 Å². The van der Waals surface area contributed by atoms with Crippen LogP contribution in [-0.4, -0.2) is 22.5 Å². The van der Waals surface area contributed by atoms with Gasteiger partial charge in [0, 0.05) is 11.6 Å². The topological polar surface area (TPSA) is 66.4 Å². The van der Waals surface area contributed by atoms with Crippen LogP contribution in [-0.2, 0) is 9.59 Å². The Morgan fingerprint density at radius 2 is 1.86 bits per heavy atom. The van der Waals surface area contributed by atoms with Gasteiger partial charge in [0.25, 0.3) is 0 Å². The van der Waals surface area contributed by atoms with Gasteiger partial charge in [0.2, 0.25) is 5.91 Å². The molecule has 0 atom stereocenters. The first kappa shape index (κ1) is 12.7. The molecule has 14 heavy (non-hydrogen) atoms. The first-order valence-electron chi connectivity index (χ1n) is 4.42. The molecule has 0 bridgehead atoms. The fourth-order valence-electron chi connectivity index (χ4n) is 1.05. The molecular weight excluding hydrogens is 182 g/mol. The van der Waals surface area contributed by atoms with Crippen molar-refractivity contribution in [3.63, 3.8) is 0 Å². The van der Waals surface area contributed by atoms with Crippen molar-refractivity contribution in [2.24, 2.45) is 0 Å². The number of amides is 1. The van der Waals surface area contributed by atoms with Gasteiger partial charge >= 0.3 is 5.97 Å². The summed E-state index contributed by atoms with van der Waals surface area (Å²) < 4.78 is 0. The highest BCUT2D eigenvalue weighted by Gasteiger charge is 2.22. The predicted molar refractivity (Wildman–Crippen MR) is 53.9 cm³/mol. The van der Waals surface area contributed by atoms with Crippen molar-refractivity contribution < 1.29 is 14.7 Å². The Morgan fingerprint density at radius 1 is 1.36 bits per heavy atom. The molecule has 0 spiro atoms. The van der Waals surface area contributed by atoms with Crippen LogP contribution in [0.3, 0.4) is 0 Å². The van der Waals surface area contributed by atoms with E-state index in [2.05, 4.69) is 5.32 Å². The molecule has 0 unspecified atom stereocenters. The number of allylic oxidation sites excluding steroid dienone is 1. The highest BCUT2D eigenvalue weighted by atomic mass is 16.4. The summed E-state index contributed by atoms with van der Waals surface area (Å²) in [5, 5.41) is 11.2. The lowest BCUT2D eigenvalue weighted by molar-refractivity contribution is -0.138. The van der Waals surface area contributed by atoms with Gasteiger partial charge in [-0.15, -0.1) is 0 Å². The predicted octanol–water partition coefficient (Wildman–Crippen LogP) is 1.32. The van der Waals surface area contributed by atoms with Crippen molar-refractivity contribution in [3.05, 3.63) is 11.6 Å². The van der Waals surface area contributed by atoms with Gasteiger partial charge in [-0.3, -0.25) is 9.59 Å². The molecular formula is C10H17NO3. The van der Waals surface area contributed by atoms with E-state index in [1.54, 1.807) is 13.8 Å². The molecule has 0 rings (SSSR count). The van der Waals surface area contributed by atoms with Gasteiger partial charge in [0.1, 0.15) is 0 Å². The molecule has 0 aromatic carbocycles. The van der Waals surface area contributed by atoms with Gasteiger partial charge in [-0.25, -0.2) is 0 Å². The summed E-state index contributed by atoms with van der Waals surface area (Å²) in [6, 6.07) is 0. The van der Waals surface area contributed by atoms with Crippen molar-refractivity contribution in [1.82, 2.24) is 5.32 Å². The first-order chi connectivity index (χ1) is 6.23. The minimum atomic E-state index is -0.924. The molecule has 0 fully saturated rings. The van der Waals surface area contributed by atoms with Crippen molar-refractivity contribution in [2.45, 2.75) is 39.7 Å². The molecule has 0 aromatic rings. The number of rotatable bonds is 4. The number of carbonyl (C=O) groups is 2. The van der Waals surface area contributed by atoms with Crippen molar-refractivity contribution in [3.8, 4) is 0 Å². The maximum atomic E-state index is 11.3. The van der Waals surface area contributed by atoms with E-state index in [9.17, 15) is 9.59 Å². The normalized spacial score (nSPS) is 10.6. The number of carboxylic acid groups (broad SMARTS) is 1. The van der Waals surface area contributed by atoms with Crippen LogP contribution in [0.4, 0.5) is 0 Å². The number of nitrogens with one attached hydrogen (secondary N) is 1. The van der Waals surface area contributed by atoms with E-state index in [1.807, 2.05) is 13.8 Å². The van der Waals surface area contributed by atoms with Crippen molar-refractivity contribution in [2.75, 3.05) is 0 Å². The van der Waals surface area contributed by atoms with E-state index >= 15 is 0 Å². The summed E-state index contributed by atoms with van der Waals surface area (Å²) in [5.41, 5.74) is 0.170. The van der Waals surface area contributed by atoms with E-state index in [4.69, 9.17) is 5.11 Å². The fraction of sp³-hybridized carbons (Fsp3) is 0.600. The lowest BCUT2D eigenvalue weighted by atomic mass is 10.0. The third-order valence-electron chi connectivity index (χ3n) is 1.47. The van der Waals surface area contributed by atoms with Gasteiger partial charge in [-0.05, 0) is 27.7 Å². The number of hydrogen-bond acceptors (Lipinski definition) is 2. The van der Waals surface area contributed by atoms with Crippen LogP contribution in [0.2, 0.25) is 0 Å². The molecule has 0 heterocycles. The molecule has 0 aliphatic carbocycles. The third kappa shape index (κ3) is 6.22. The molecule has 0 aromatic heterocycles. The van der Waals surface area contributed by atoms with Crippen LogP contribution in [0.25, 0.3) is 0 Å². The summed E-state index contributed by atoms with van der Waals surface area (Å²) in [7, 11) is 0. The van der Waals surface area contributed by atoms with Crippen LogP contribution >= 0.6 is 0 Å². The summed E-state index contributed by atoms with van der Waals surface area (Å²) in [4.78, 5) is 21.7. The maximum Gasteiger partial charge on any atom is 0.305 e. The number of carboxylic acids is 1. The van der Waals surface area contributed by atoms with Gasteiger partial charge in [0.05, 0.1) is 6.42 Å². The van der Waals surface area contributed by atoms with Crippen LogP contribution in [0.1, 0.15) is 34.1 Å². The summed E-state index contributed by atoms with van der Waals surface area (Å²) in [6.07, 6.45) is 1.36. The Kier molecular flexibility index (Phi) is 4.34. The second-order valence-corrected chi connectivity index (χ2v) is 4.17. The summed E-state index contributed by atoms with van der Waals surface area (Å²) >= 11 is 0. The van der Waals surface area contributed by atoms with E-state index in [0.717, 1.165) is 5.57 Å². The minimum absolute atomic E-state index is 0.0880. The summed E-state index contributed by atoms with van der Waals surface area (Å²) in [6.45, 7) is 6.98. The SMILES string of the molecule is CC(C)=CC(=O)NC(C)(C)CC(=O)O. The second-order valence-electron chi connectivity index (χ2n) is 4.17. The zero-order valence-electron chi connectivity index (χ0n) is 9.05. The molecule has 2 N–H and O–H groups in total. The molecule has 4 heteroatoms. The van der Waals surface area contributed by atoms with E-state index in [1.165, 1.54) is 6.08 Å². The standard InChI is InChI=1S/C10H17NO3/c1-7(2)5-8(12)11-10(3,4)6-9(13)14/h5H,6H2,1-4H3,(H,11,12)(H,13,14). The number of carbonyl (C=O) groups excluding carboxylic acids is 1. The Morgan fingerprint density at radius 3 is 2.21 bits per heavy atom. The van der Waals surface area contributed by atoms with E-state index in [0.29, 0.717) is 0 Å². The third-order valence-corrected chi connectivity index (χ3v) is 1.47. The highest BCUT2D eigenvalue weighted by molar-refractivity contribution is 5.89. The Bertz CT molecular complexity index is 263. The number of hydrogen-bond donors (Lipinski definition) is 2. The Balaban J connectivity index is 4.29. The molecule has 0 saturated carbocycles. The summed E-state index contributed by atoms with van der Waals surface area (Å²) in [5.74, 6) is -1.18. The Hall–Kier alpha value is -1.32. The monoisotopic (exact) mass is 199 g/mol. The maximum absolute atomic E-state index is 11.3. The average Bonchev–Trinajstić information content (AvgIpc) is 1.77. The first-order valence-corrected chi connectivity index (χ1v) is 4.42. The molecule has 0 saturated heterocycles. The quantitative estimate of drug-likeness (QED) is 0.671. The molecule has 80 valence electrons. The zero-order chi connectivity index (χ0) is 11.4. The molecule has 4 nitrogen and oxygen atoms in total. The highest BCUT2D eigenvalue weighted by Crippen LogP contribution is 2.08. The second kappa shape index (κ2) is 4.79. The van der Waals surface area contributed by atoms with Gasteiger partial charge in [-0.2, -0.15) is 0 Å². The largest absolute Gasteiger partial charge is 0.481 e.